The van der Waals surface area contributed by atoms with E-state index in [-0.39, 0.29) is 0 Å². The molecule has 0 saturated carbocycles. The van der Waals surface area contributed by atoms with Crippen LogP contribution in [-0.4, -0.2) is 0 Å². The van der Waals surface area contributed by atoms with E-state index in [9.17, 15) is 0 Å². The fourth-order valence-electron chi connectivity index (χ4n) is 1.35. The number of hydrogen-bond acceptors (Lipinski definition) is 0. The van der Waals surface area contributed by atoms with E-state index in [1.165, 1.54) is 16.8 Å². The average molecular weight is 186 g/mol. The number of aromatic amines is 2. The predicted octanol–water partition coefficient (Wildman–Crippen LogP) is 1.60. The van der Waals surface area contributed by atoms with E-state index in [2.05, 4.69) is 41.2 Å². The van der Waals surface area contributed by atoms with Gasteiger partial charge in [-0.15, -0.1) is 0 Å². The van der Waals surface area contributed by atoms with Crippen molar-refractivity contribution in [3.05, 3.63) is 47.9 Å². The molecular formula is C12H14N2+2. The van der Waals surface area contributed by atoms with Gasteiger partial charge in [0.2, 0.25) is 5.69 Å². The monoisotopic (exact) mass is 186 g/mol. The number of hydrogen-bond donors (Lipinski definition) is 0. The van der Waals surface area contributed by atoms with Crippen molar-refractivity contribution in [3.63, 3.8) is 0 Å². The molecule has 0 radical (unpaired) electrons. The third-order valence-corrected chi connectivity index (χ3v) is 2.25. The molecule has 14 heavy (non-hydrogen) atoms. The lowest BCUT2D eigenvalue weighted by Gasteiger charge is -1.92. The average Bonchev–Trinajstić information content (AvgIpc) is 2.21. The summed E-state index contributed by atoms with van der Waals surface area (Å²) in [6.45, 7) is 4.12. The van der Waals surface area contributed by atoms with Crippen molar-refractivity contribution in [2.75, 3.05) is 0 Å². The summed E-state index contributed by atoms with van der Waals surface area (Å²) in [4.78, 5) is 6.45. The molecule has 70 valence electrons. The van der Waals surface area contributed by atoms with Crippen LogP contribution < -0.4 is 9.97 Å². The molecule has 0 aliphatic rings. The highest BCUT2D eigenvalue weighted by Crippen LogP contribution is 2.11. The molecule has 2 nitrogen and oxygen atoms in total. The lowest BCUT2D eigenvalue weighted by atomic mass is 10.1. The zero-order valence-corrected chi connectivity index (χ0v) is 8.46. The molecule has 0 aliphatic heterocycles. The van der Waals surface area contributed by atoms with E-state index in [0.29, 0.717) is 0 Å². The van der Waals surface area contributed by atoms with Crippen LogP contribution in [0.3, 0.4) is 0 Å². The normalized spacial score (nSPS) is 10.1. The third-order valence-electron chi connectivity index (χ3n) is 2.25. The Morgan fingerprint density at radius 1 is 0.857 bits per heavy atom. The maximum absolute atomic E-state index is 3.25. The SMILES string of the molecule is Cc1ccc(-c2ccc(C)[nH+]c2)[nH+]c1. The topological polar surface area (TPSA) is 28.3 Å². The summed E-state index contributed by atoms with van der Waals surface area (Å²) in [6.07, 6.45) is 4.02. The minimum Gasteiger partial charge on any atom is -0.215 e. The van der Waals surface area contributed by atoms with E-state index in [4.69, 9.17) is 0 Å². The summed E-state index contributed by atoms with van der Waals surface area (Å²) >= 11 is 0. The van der Waals surface area contributed by atoms with Crippen molar-refractivity contribution in [2.45, 2.75) is 13.8 Å². The predicted molar refractivity (Wildman–Crippen MR) is 54.5 cm³/mol. The van der Waals surface area contributed by atoms with Gasteiger partial charge in [0.1, 0.15) is 5.56 Å². The van der Waals surface area contributed by atoms with Crippen LogP contribution in [0.25, 0.3) is 11.3 Å². The van der Waals surface area contributed by atoms with Crippen LogP contribution in [-0.2, 0) is 0 Å². The van der Waals surface area contributed by atoms with Crippen LogP contribution in [0.2, 0.25) is 0 Å². The Morgan fingerprint density at radius 3 is 2.29 bits per heavy atom. The van der Waals surface area contributed by atoms with Crippen molar-refractivity contribution >= 4 is 0 Å². The molecule has 2 rings (SSSR count). The van der Waals surface area contributed by atoms with E-state index in [0.717, 1.165) is 5.69 Å². The van der Waals surface area contributed by atoms with Crippen LogP contribution in [0.15, 0.2) is 36.7 Å². The maximum atomic E-state index is 3.25. The molecule has 2 aromatic rings. The van der Waals surface area contributed by atoms with E-state index in [1.807, 2.05) is 19.3 Å². The quantitative estimate of drug-likeness (QED) is 0.647. The summed E-state index contributed by atoms with van der Waals surface area (Å²) in [5, 5.41) is 0. The van der Waals surface area contributed by atoms with Gasteiger partial charge in [-0.2, -0.15) is 0 Å². The van der Waals surface area contributed by atoms with Gasteiger partial charge in [-0.1, -0.05) is 0 Å². The van der Waals surface area contributed by atoms with E-state index in [1.54, 1.807) is 0 Å². The summed E-state index contributed by atoms with van der Waals surface area (Å²) in [7, 11) is 0. The molecule has 2 heterocycles. The number of rotatable bonds is 1. The molecule has 0 fully saturated rings. The highest BCUT2D eigenvalue weighted by atomic mass is 14.7. The Morgan fingerprint density at radius 2 is 1.71 bits per heavy atom. The lowest BCUT2D eigenvalue weighted by molar-refractivity contribution is -0.389. The van der Waals surface area contributed by atoms with Crippen molar-refractivity contribution < 1.29 is 9.97 Å². The Labute approximate surface area is 83.7 Å². The van der Waals surface area contributed by atoms with E-state index >= 15 is 0 Å². The molecule has 2 N–H and O–H groups in total. The molecule has 0 spiro atoms. The van der Waals surface area contributed by atoms with Crippen molar-refractivity contribution in [2.24, 2.45) is 0 Å². The first kappa shape index (κ1) is 8.88. The Bertz CT molecular complexity index is 372. The highest BCUT2D eigenvalue weighted by molar-refractivity contribution is 5.53. The van der Waals surface area contributed by atoms with Gasteiger partial charge in [0.25, 0.3) is 0 Å². The first-order chi connectivity index (χ1) is 6.75. The van der Waals surface area contributed by atoms with Crippen molar-refractivity contribution in [1.29, 1.82) is 0 Å². The smallest absolute Gasteiger partial charge is 0.215 e. The second kappa shape index (κ2) is 3.58. The molecule has 0 atom stereocenters. The molecule has 2 aromatic heterocycles. The molecule has 2 heteroatoms. The zero-order chi connectivity index (χ0) is 9.97. The van der Waals surface area contributed by atoms with Gasteiger partial charge < -0.3 is 0 Å². The lowest BCUT2D eigenvalue weighted by Crippen LogP contribution is -2.10. The minimum absolute atomic E-state index is 1.13. The number of pyridine rings is 2. The highest BCUT2D eigenvalue weighted by Gasteiger charge is 2.07. The van der Waals surface area contributed by atoms with Gasteiger partial charge in [-0.25, -0.2) is 9.97 Å². The van der Waals surface area contributed by atoms with Crippen molar-refractivity contribution in [1.82, 2.24) is 0 Å². The summed E-state index contributed by atoms with van der Waals surface area (Å²) in [5.74, 6) is 0. The van der Waals surface area contributed by atoms with Gasteiger partial charge in [0, 0.05) is 24.6 Å². The largest absolute Gasteiger partial charge is 0.216 e. The van der Waals surface area contributed by atoms with Crippen LogP contribution in [0.4, 0.5) is 0 Å². The van der Waals surface area contributed by atoms with Crippen molar-refractivity contribution in [3.8, 4) is 11.3 Å². The fraction of sp³-hybridized carbons (Fsp3) is 0.167. The Kier molecular flexibility index (Phi) is 2.27. The van der Waals surface area contributed by atoms with Gasteiger partial charge in [-0.3, -0.25) is 0 Å². The number of nitrogens with one attached hydrogen (secondary N) is 2. The Balaban J connectivity index is 2.40. The first-order valence-electron chi connectivity index (χ1n) is 4.73. The van der Waals surface area contributed by atoms with Gasteiger partial charge in [-0.05, 0) is 19.1 Å². The molecular weight excluding hydrogens is 172 g/mol. The standard InChI is InChI=1S/C12H12N2/c1-9-3-6-12(14-7-9)11-5-4-10(2)13-8-11/h3-8H,1-2H3/p+2. The van der Waals surface area contributed by atoms with E-state index < -0.39 is 0 Å². The first-order valence-corrected chi connectivity index (χ1v) is 4.73. The zero-order valence-electron chi connectivity index (χ0n) is 8.46. The molecule has 0 saturated heterocycles. The molecule has 0 aromatic carbocycles. The summed E-state index contributed by atoms with van der Waals surface area (Å²) < 4.78 is 0. The second-order valence-corrected chi connectivity index (χ2v) is 3.54. The minimum atomic E-state index is 1.13. The van der Waals surface area contributed by atoms with Crippen LogP contribution >= 0.6 is 0 Å². The van der Waals surface area contributed by atoms with Crippen LogP contribution in [0, 0.1) is 13.8 Å². The maximum Gasteiger partial charge on any atom is 0.216 e. The second-order valence-electron chi connectivity index (χ2n) is 3.54. The number of aryl methyl sites for hydroxylation is 2. The van der Waals surface area contributed by atoms with Crippen LogP contribution in [0.1, 0.15) is 11.3 Å². The van der Waals surface area contributed by atoms with Gasteiger partial charge >= 0.3 is 0 Å². The molecule has 0 amide bonds. The fourth-order valence-corrected chi connectivity index (χ4v) is 1.35. The number of H-pyrrole nitrogens is 2. The summed E-state index contributed by atoms with van der Waals surface area (Å²) in [6, 6.07) is 8.37. The molecule has 0 unspecified atom stereocenters. The molecule has 0 aliphatic carbocycles. The Hall–Kier alpha value is -1.70. The summed E-state index contributed by atoms with van der Waals surface area (Å²) in [5.41, 5.74) is 4.72. The number of aromatic nitrogens is 2. The van der Waals surface area contributed by atoms with Crippen LogP contribution in [0.5, 0.6) is 0 Å². The molecule has 0 bridgehead atoms. The third kappa shape index (κ3) is 1.79. The van der Waals surface area contributed by atoms with Gasteiger partial charge in [0.05, 0.1) is 0 Å². The van der Waals surface area contributed by atoms with Gasteiger partial charge in [0.15, 0.2) is 18.1 Å².